The largest absolute Gasteiger partial charge is 0.381 e. The molecule has 2 N–H and O–H groups in total. The van der Waals surface area contributed by atoms with Gasteiger partial charge in [0.2, 0.25) is 16.3 Å². The van der Waals surface area contributed by atoms with Gasteiger partial charge in [0.05, 0.1) is 6.20 Å². The Morgan fingerprint density at radius 2 is 1.84 bits per heavy atom. The molecule has 6 nitrogen and oxygen atoms in total. The van der Waals surface area contributed by atoms with Gasteiger partial charge in [-0.05, 0) is 61.6 Å². The summed E-state index contributed by atoms with van der Waals surface area (Å²) in [5.74, 6) is 0.327. The van der Waals surface area contributed by atoms with Gasteiger partial charge in [-0.3, -0.25) is 0 Å². The highest BCUT2D eigenvalue weighted by atomic mass is 80.0. The molecule has 0 bridgehead atoms. The Balaban J connectivity index is 3.42. The van der Waals surface area contributed by atoms with E-state index >= 15 is 0 Å². The molecular weight excluding hydrogens is 468 g/mol. The molecule has 108 valence electrons. The summed E-state index contributed by atoms with van der Waals surface area (Å²) in [6.07, 6.45) is 1.46. The Kier molecular flexibility index (Phi) is 5.61. The van der Waals surface area contributed by atoms with Crippen molar-refractivity contribution in [2.24, 2.45) is 0 Å². The Morgan fingerprint density at radius 3 is 2.26 bits per heavy atom. The van der Waals surface area contributed by atoms with Crippen molar-refractivity contribution in [1.82, 2.24) is 9.97 Å². The van der Waals surface area contributed by atoms with Gasteiger partial charge in [-0.25, -0.2) is 18.4 Å². The van der Waals surface area contributed by atoms with Gasteiger partial charge < -0.3 is 10.6 Å². The fourth-order valence-electron chi connectivity index (χ4n) is 1.38. The molecule has 0 amide bonds. The first-order valence-electron chi connectivity index (χ1n) is 5.34. The average molecular weight is 481 g/mol. The van der Waals surface area contributed by atoms with E-state index in [0.717, 1.165) is 0 Å². The van der Waals surface area contributed by atoms with Gasteiger partial charge in [-0.15, -0.1) is 0 Å². The van der Waals surface area contributed by atoms with Crippen molar-refractivity contribution in [2.45, 2.75) is 20.3 Å². The highest BCUT2D eigenvalue weighted by Gasteiger charge is 2.40. The molecule has 0 atom stereocenters. The molecule has 0 aliphatic heterocycles. The summed E-state index contributed by atoms with van der Waals surface area (Å²) in [5, 5.41) is -0.275. The monoisotopic (exact) mass is 478 g/mol. The molecule has 10 heteroatoms. The highest BCUT2D eigenvalue weighted by molar-refractivity contribution is 9.42. The zero-order valence-electron chi connectivity index (χ0n) is 10.3. The lowest BCUT2D eigenvalue weighted by molar-refractivity contribution is 0.595. The Hall–Kier alpha value is 0.0700. The lowest BCUT2D eigenvalue weighted by Crippen LogP contribution is -2.26. The molecule has 0 aromatic carbocycles. The molecular formula is C9H13Br3N4O2S. The molecule has 0 spiro atoms. The summed E-state index contributed by atoms with van der Waals surface area (Å²) < 4.78 is 23.0. The molecule has 0 unspecified atom stereocenters. The third kappa shape index (κ3) is 3.59. The number of sulfone groups is 1. The van der Waals surface area contributed by atoms with E-state index in [1.165, 1.54) is 6.20 Å². The Bertz CT molecular complexity index is 555. The molecule has 0 saturated heterocycles. The minimum absolute atomic E-state index is 0.140. The van der Waals surface area contributed by atoms with E-state index in [1.807, 2.05) is 18.7 Å². The van der Waals surface area contributed by atoms with E-state index < -0.39 is 11.3 Å². The average Bonchev–Trinajstić information content (AvgIpc) is 2.31. The van der Waals surface area contributed by atoms with Gasteiger partial charge >= 0.3 is 0 Å². The van der Waals surface area contributed by atoms with E-state index in [4.69, 9.17) is 5.73 Å². The Labute approximate surface area is 137 Å². The first-order chi connectivity index (χ1) is 8.65. The first kappa shape index (κ1) is 17.1. The third-order valence-corrected chi connectivity index (χ3v) is 7.66. The number of nitrogen functional groups attached to an aromatic ring is 1. The van der Waals surface area contributed by atoms with E-state index in [-0.39, 0.29) is 10.8 Å². The van der Waals surface area contributed by atoms with Crippen LogP contribution in [-0.4, -0.2) is 33.0 Å². The van der Waals surface area contributed by atoms with Crippen molar-refractivity contribution >= 4 is 69.3 Å². The minimum atomic E-state index is -3.85. The van der Waals surface area contributed by atoms with Gasteiger partial charge in [-0.1, -0.05) is 0 Å². The number of alkyl halides is 3. The van der Waals surface area contributed by atoms with Crippen LogP contribution in [0.1, 0.15) is 13.8 Å². The normalized spacial score (nSPS) is 12.5. The summed E-state index contributed by atoms with van der Waals surface area (Å²) in [4.78, 5) is 9.90. The third-order valence-electron chi connectivity index (χ3n) is 2.40. The highest BCUT2D eigenvalue weighted by Crippen LogP contribution is 2.43. The number of anilines is 2. The second kappa shape index (κ2) is 6.23. The lowest BCUT2D eigenvalue weighted by Gasteiger charge is -2.21. The number of hydrogen-bond acceptors (Lipinski definition) is 6. The van der Waals surface area contributed by atoms with Crippen molar-refractivity contribution in [2.75, 3.05) is 23.7 Å². The number of nitrogens with two attached hydrogens (primary N) is 1. The van der Waals surface area contributed by atoms with Crippen LogP contribution in [0.2, 0.25) is 0 Å². The molecule has 1 aromatic rings. The maximum Gasteiger partial charge on any atom is 0.241 e. The van der Waals surface area contributed by atoms with Gasteiger partial charge in [0.25, 0.3) is 0 Å². The topological polar surface area (TPSA) is 89.2 Å². The van der Waals surface area contributed by atoms with Crippen molar-refractivity contribution in [1.29, 1.82) is 0 Å². The molecule has 0 radical (unpaired) electrons. The molecule has 1 aromatic heterocycles. The molecule has 19 heavy (non-hydrogen) atoms. The summed E-state index contributed by atoms with van der Waals surface area (Å²) in [7, 11) is -3.85. The van der Waals surface area contributed by atoms with Crippen molar-refractivity contribution in [3.8, 4) is 0 Å². The SMILES string of the molecule is CCN(CC)c1cnc(N)c(S(=O)(=O)C(Br)(Br)Br)n1. The minimum Gasteiger partial charge on any atom is -0.381 e. The summed E-state index contributed by atoms with van der Waals surface area (Å²) in [6.45, 7) is 5.27. The van der Waals surface area contributed by atoms with Crippen molar-refractivity contribution < 1.29 is 8.42 Å². The maximum atomic E-state index is 12.3. The number of hydrogen-bond donors (Lipinski definition) is 1. The second-order valence-electron chi connectivity index (χ2n) is 3.54. The summed E-state index contributed by atoms with van der Waals surface area (Å²) in [6, 6.07) is 0. The van der Waals surface area contributed by atoms with Crippen LogP contribution in [0.15, 0.2) is 11.2 Å². The first-order valence-corrected chi connectivity index (χ1v) is 9.20. The van der Waals surface area contributed by atoms with Crippen LogP contribution < -0.4 is 10.6 Å². The second-order valence-corrected chi connectivity index (χ2v) is 13.9. The predicted octanol–water partition coefficient (Wildman–Crippen LogP) is 2.47. The van der Waals surface area contributed by atoms with Crippen LogP contribution >= 0.6 is 47.8 Å². The van der Waals surface area contributed by atoms with E-state index in [9.17, 15) is 8.42 Å². The molecule has 1 heterocycles. The van der Waals surface area contributed by atoms with E-state index in [1.54, 1.807) is 0 Å². The number of halogens is 3. The lowest BCUT2D eigenvalue weighted by atomic mass is 10.5. The van der Waals surface area contributed by atoms with Crippen molar-refractivity contribution in [3.05, 3.63) is 6.20 Å². The molecule has 1 rings (SSSR count). The molecule has 0 fully saturated rings. The fraction of sp³-hybridized carbons (Fsp3) is 0.556. The standard InChI is InChI=1S/C9H13Br3N4O2S/c1-3-16(4-2)6-5-14-7(13)8(15-6)19(17,18)9(10,11)12/h5H,3-4H2,1-2H3,(H2,13,14). The van der Waals surface area contributed by atoms with Gasteiger partial charge in [-0.2, -0.15) is 0 Å². The van der Waals surface area contributed by atoms with Gasteiger partial charge in [0.1, 0.15) is 5.82 Å². The zero-order chi connectivity index (χ0) is 14.8. The fourth-order valence-corrected chi connectivity index (χ4v) is 3.52. The smallest absolute Gasteiger partial charge is 0.241 e. The number of rotatable bonds is 4. The zero-order valence-corrected chi connectivity index (χ0v) is 15.8. The number of nitrogens with zero attached hydrogens (tertiary/aromatic N) is 3. The summed E-state index contributed by atoms with van der Waals surface area (Å²) >= 11 is 8.93. The summed E-state index contributed by atoms with van der Waals surface area (Å²) in [5.41, 5.74) is 5.62. The van der Waals surface area contributed by atoms with Crippen LogP contribution in [0.25, 0.3) is 0 Å². The predicted molar refractivity (Wildman–Crippen MR) is 86.7 cm³/mol. The molecule has 0 saturated carbocycles. The van der Waals surface area contributed by atoms with Crippen LogP contribution in [0.5, 0.6) is 0 Å². The van der Waals surface area contributed by atoms with Crippen LogP contribution in [-0.2, 0) is 9.84 Å². The number of aromatic nitrogens is 2. The molecule has 0 aliphatic rings. The van der Waals surface area contributed by atoms with Crippen LogP contribution in [0.3, 0.4) is 0 Å². The van der Waals surface area contributed by atoms with E-state index in [2.05, 4.69) is 57.8 Å². The van der Waals surface area contributed by atoms with Crippen LogP contribution in [0.4, 0.5) is 11.6 Å². The quantitative estimate of drug-likeness (QED) is 0.666. The van der Waals surface area contributed by atoms with Gasteiger partial charge in [0, 0.05) is 13.1 Å². The molecule has 0 aliphatic carbocycles. The Morgan fingerprint density at radius 1 is 1.32 bits per heavy atom. The van der Waals surface area contributed by atoms with Gasteiger partial charge in [0.15, 0.2) is 5.82 Å². The maximum absolute atomic E-state index is 12.3. The van der Waals surface area contributed by atoms with Crippen molar-refractivity contribution in [3.63, 3.8) is 0 Å². The van der Waals surface area contributed by atoms with E-state index in [0.29, 0.717) is 18.9 Å². The van der Waals surface area contributed by atoms with Crippen LogP contribution in [0, 0.1) is 0 Å².